The third kappa shape index (κ3) is 1.45. The Morgan fingerprint density at radius 2 is 1.56 bits per heavy atom. The van der Waals surface area contributed by atoms with Crippen LogP contribution in [0.5, 0.6) is 0 Å². The lowest BCUT2D eigenvalue weighted by atomic mass is 10.4. The van der Waals surface area contributed by atoms with E-state index in [0.29, 0.717) is 0 Å². The Hall–Kier alpha value is -0.0400. The number of rotatable bonds is 1. The van der Waals surface area contributed by atoms with Crippen molar-refractivity contribution in [3.05, 3.63) is 0 Å². The molecular formula is C8H17N. The van der Waals surface area contributed by atoms with Gasteiger partial charge in [-0.2, -0.15) is 0 Å². The largest absolute Gasteiger partial charge is 0.300 e. The highest BCUT2D eigenvalue weighted by Gasteiger charge is 2.29. The third-order valence-electron chi connectivity index (χ3n) is 2.20. The van der Waals surface area contributed by atoms with Crippen LogP contribution in [0.2, 0.25) is 0 Å². The van der Waals surface area contributed by atoms with Gasteiger partial charge in [-0.3, -0.25) is 0 Å². The Morgan fingerprint density at radius 3 is 2.00 bits per heavy atom. The summed E-state index contributed by atoms with van der Waals surface area (Å²) >= 11 is 0. The zero-order chi connectivity index (χ0) is 5.40. The van der Waals surface area contributed by atoms with Crippen molar-refractivity contribution in [2.75, 3.05) is 13.1 Å². The molecule has 0 unspecified atom stereocenters. The summed E-state index contributed by atoms with van der Waals surface area (Å²) in [5, 5.41) is 0. The van der Waals surface area contributed by atoms with Gasteiger partial charge in [-0.15, -0.1) is 0 Å². The van der Waals surface area contributed by atoms with Crippen molar-refractivity contribution in [1.29, 1.82) is 0 Å². The molecule has 1 saturated carbocycles. The Balaban J connectivity index is 0.000000405. The van der Waals surface area contributed by atoms with Crippen molar-refractivity contribution < 1.29 is 0 Å². The molecule has 54 valence electrons. The average Bonchev–Trinajstić information content (AvgIpc) is 2.49. The van der Waals surface area contributed by atoms with Gasteiger partial charge in [-0.25, -0.2) is 0 Å². The highest BCUT2D eigenvalue weighted by molar-refractivity contribution is 4.86. The van der Waals surface area contributed by atoms with Crippen LogP contribution in [0.3, 0.4) is 0 Å². The second-order valence-corrected chi connectivity index (χ2v) is 2.97. The summed E-state index contributed by atoms with van der Waals surface area (Å²) in [5.41, 5.74) is 0. The van der Waals surface area contributed by atoms with E-state index < -0.39 is 0 Å². The topological polar surface area (TPSA) is 3.24 Å². The molecule has 0 amide bonds. The molecular weight excluding hydrogens is 110 g/mol. The van der Waals surface area contributed by atoms with E-state index in [4.69, 9.17) is 0 Å². The quantitative estimate of drug-likeness (QED) is 0.520. The van der Waals surface area contributed by atoms with Crippen LogP contribution >= 0.6 is 0 Å². The van der Waals surface area contributed by atoms with Crippen LogP contribution in [-0.2, 0) is 0 Å². The Labute approximate surface area is 58.0 Å². The molecule has 0 aromatic rings. The summed E-state index contributed by atoms with van der Waals surface area (Å²) in [4.78, 5) is 2.64. The standard InChI is InChI=1S/C7H13N.CH4/c1-2-6-8(5-1)7-3-4-7;/h7H,1-6H2;1H4. The average molecular weight is 127 g/mol. The van der Waals surface area contributed by atoms with E-state index in [1.54, 1.807) is 0 Å². The van der Waals surface area contributed by atoms with Crippen molar-refractivity contribution in [1.82, 2.24) is 4.90 Å². The monoisotopic (exact) mass is 127 g/mol. The van der Waals surface area contributed by atoms with Gasteiger partial charge in [0.05, 0.1) is 0 Å². The molecule has 0 radical (unpaired) electrons. The van der Waals surface area contributed by atoms with Crippen molar-refractivity contribution >= 4 is 0 Å². The van der Waals surface area contributed by atoms with Crippen molar-refractivity contribution in [2.24, 2.45) is 0 Å². The summed E-state index contributed by atoms with van der Waals surface area (Å²) < 4.78 is 0. The molecule has 2 fully saturated rings. The Morgan fingerprint density at radius 1 is 1.00 bits per heavy atom. The first-order valence-electron chi connectivity index (χ1n) is 3.71. The molecule has 1 nitrogen and oxygen atoms in total. The Bertz CT molecular complexity index is 80.6. The molecule has 1 heterocycles. The fourth-order valence-corrected chi connectivity index (χ4v) is 1.55. The van der Waals surface area contributed by atoms with E-state index in [1.807, 2.05) is 0 Å². The molecule has 2 rings (SSSR count). The molecule has 1 aliphatic carbocycles. The van der Waals surface area contributed by atoms with Gasteiger partial charge in [0.2, 0.25) is 0 Å². The normalized spacial score (nSPS) is 28.0. The molecule has 0 aromatic heterocycles. The molecule has 1 heteroatoms. The summed E-state index contributed by atoms with van der Waals surface area (Å²) in [6, 6.07) is 1.03. The van der Waals surface area contributed by atoms with Crippen LogP contribution in [0.15, 0.2) is 0 Å². The number of hydrogen-bond acceptors (Lipinski definition) is 1. The summed E-state index contributed by atoms with van der Waals surface area (Å²) in [6.07, 6.45) is 5.88. The fraction of sp³-hybridized carbons (Fsp3) is 1.00. The highest BCUT2D eigenvalue weighted by atomic mass is 15.2. The van der Waals surface area contributed by atoms with Crippen LogP contribution in [0, 0.1) is 0 Å². The first-order valence-corrected chi connectivity index (χ1v) is 3.71. The number of nitrogens with zero attached hydrogens (tertiary/aromatic N) is 1. The zero-order valence-corrected chi connectivity index (χ0v) is 5.27. The lowest BCUT2D eigenvalue weighted by molar-refractivity contribution is 0.328. The summed E-state index contributed by atoms with van der Waals surface area (Å²) in [5.74, 6) is 0. The summed E-state index contributed by atoms with van der Waals surface area (Å²) in [6.45, 7) is 2.79. The maximum absolute atomic E-state index is 2.64. The maximum atomic E-state index is 2.64. The molecule has 1 saturated heterocycles. The van der Waals surface area contributed by atoms with Gasteiger partial charge in [0.15, 0.2) is 0 Å². The van der Waals surface area contributed by atoms with E-state index in [2.05, 4.69) is 4.90 Å². The Kier molecular flexibility index (Phi) is 2.12. The number of likely N-dealkylation sites (tertiary alicyclic amines) is 1. The van der Waals surface area contributed by atoms with Gasteiger partial charge in [-0.05, 0) is 38.8 Å². The molecule has 0 N–H and O–H groups in total. The van der Waals surface area contributed by atoms with Crippen LogP contribution in [-0.4, -0.2) is 24.0 Å². The van der Waals surface area contributed by atoms with Crippen LogP contribution in [0.25, 0.3) is 0 Å². The van der Waals surface area contributed by atoms with Crippen molar-refractivity contribution in [3.8, 4) is 0 Å². The SMILES string of the molecule is C.C1CCN(C2CC2)C1. The van der Waals surface area contributed by atoms with E-state index in [9.17, 15) is 0 Å². The van der Waals surface area contributed by atoms with E-state index >= 15 is 0 Å². The van der Waals surface area contributed by atoms with Gasteiger partial charge in [-0.1, -0.05) is 7.43 Å². The van der Waals surface area contributed by atoms with E-state index in [-0.39, 0.29) is 7.43 Å². The zero-order valence-electron chi connectivity index (χ0n) is 5.27. The fourth-order valence-electron chi connectivity index (χ4n) is 1.55. The first kappa shape index (κ1) is 7.07. The minimum absolute atomic E-state index is 0. The van der Waals surface area contributed by atoms with E-state index in [0.717, 1.165) is 6.04 Å². The first-order chi connectivity index (χ1) is 3.97. The maximum Gasteiger partial charge on any atom is 0.00964 e. The van der Waals surface area contributed by atoms with Crippen molar-refractivity contribution in [2.45, 2.75) is 39.2 Å². The molecule has 0 bridgehead atoms. The lowest BCUT2D eigenvalue weighted by Crippen LogP contribution is -2.20. The highest BCUT2D eigenvalue weighted by Crippen LogP contribution is 2.29. The van der Waals surface area contributed by atoms with Gasteiger partial charge in [0.25, 0.3) is 0 Å². The predicted octanol–water partition coefficient (Wildman–Crippen LogP) is 1.88. The molecule has 0 atom stereocenters. The molecule has 0 aromatic carbocycles. The smallest absolute Gasteiger partial charge is 0.00964 e. The molecule has 2 aliphatic rings. The van der Waals surface area contributed by atoms with Crippen LogP contribution < -0.4 is 0 Å². The molecule has 0 spiro atoms. The minimum atomic E-state index is 0. The second kappa shape index (κ2) is 2.70. The number of hydrogen-bond donors (Lipinski definition) is 0. The third-order valence-corrected chi connectivity index (χ3v) is 2.20. The predicted molar refractivity (Wildman–Crippen MR) is 40.6 cm³/mol. The van der Waals surface area contributed by atoms with Gasteiger partial charge >= 0.3 is 0 Å². The summed E-state index contributed by atoms with van der Waals surface area (Å²) in [7, 11) is 0. The van der Waals surface area contributed by atoms with Gasteiger partial charge in [0, 0.05) is 6.04 Å². The van der Waals surface area contributed by atoms with Crippen molar-refractivity contribution in [3.63, 3.8) is 0 Å². The minimum Gasteiger partial charge on any atom is -0.300 e. The molecule has 9 heavy (non-hydrogen) atoms. The van der Waals surface area contributed by atoms with Gasteiger partial charge in [0.1, 0.15) is 0 Å². The molecule has 1 aliphatic heterocycles. The van der Waals surface area contributed by atoms with Gasteiger partial charge < -0.3 is 4.90 Å². The lowest BCUT2D eigenvalue weighted by Gasteiger charge is -2.11. The van der Waals surface area contributed by atoms with E-state index in [1.165, 1.54) is 38.8 Å². The van der Waals surface area contributed by atoms with Crippen LogP contribution in [0.1, 0.15) is 33.1 Å². The van der Waals surface area contributed by atoms with Crippen LogP contribution in [0.4, 0.5) is 0 Å². The second-order valence-electron chi connectivity index (χ2n) is 2.97.